The van der Waals surface area contributed by atoms with Crippen LogP contribution in [0.25, 0.3) is 0 Å². The van der Waals surface area contributed by atoms with E-state index in [1.807, 2.05) is 11.8 Å². The summed E-state index contributed by atoms with van der Waals surface area (Å²) in [5.74, 6) is 1.20. The van der Waals surface area contributed by atoms with Gasteiger partial charge in [0, 0.05) is 29.8 Å². The van der Waals surface area contributed by atoms with Crippen molar-refractivity contribution in [1.82, 2.24) is 9.80 Å². The number of benzene rings is 1. The van der Waals surface area contributed by atoms with Crippen molar-refractivity contribution in [2.75, 3.05) is 39.5 Å². The van der Waals surface area contributed by atoms with Crippen LogP contribution in [0.1, 0.15) is 6.42 Å². The Morgan fingerprint density at radius 1 is 1.29 bits per heavy atom. The molecule has 3 heteroatoms. The number of likely N-dealkylation sites (N-methyl/N-ethyl adjacent to an activating group) is 1. The third kappa shape index (κ3) is 4.02. The zero-order chi connectivity index (χ0) is 12.1. The van der Waals surface area contributed by atoms with Gasteiger partial charge in [0.25, 0.3) is 0 Å². The lowest BCUT2D eigenvalue weighted by Crippen LogP contribution is -2.32. The number of hydrogen-bond donors (Lipinski definition) is 0. The van der Waals surface area contributed by atoms with Gasteiger partial charge in [-0.15, -0.1) is 11.8 Å². The molecule has 0 aromatic heterocycles. The molecular formula is C14H22N2S. The average molecular weight is 250 g/mol. The summed E-state index contributed by atoms with van der Waals surface area (Å²) < 4.78 is 0. The highest BCUT2D eigenvalue weighted by Gasteiger charge is 2.23. The van der Waals surface area contributed by atoms with E-state index in [2.05, 4.69) is 54.2 Å². The van der Waals surface area contributed by atoms with Gasteiger partial charge in [-0.05, 0) is 39.2 Å². The minimum Gasteiger partial charge on any atom is -0.305 e. The van der Waals surface area contributed by atoms with Crippen LogP contribution in [0.4, 0.5) is 0 Å². The maximum atomic E-state index is 2.58. The van der Waals surface area contributed by atoms with Gasteiger partial charge in [-0.25, -0.2) is 0 Å². The molecule has 2 nitrogen and oxygen atoms in total. The second-order valence-corrected chi connectivity index (χ2v) is 6.04. The van der Waals surface area contributed by atoms with Gasteiger partial charge in [-0.2, -0.15) is 0 Å². The summed E-state index contributed by atoms with van der Waals surface area (Å²) in [7, 11) is 4.37. The fourth-order valence-corrected chi connectivity index (χ4v) is 3.18. The molecule has 94 valence electrons. The molecule has 1 atom stereocenters. The molecule has 0 N–H and O–H groups in total. The molecule has 1 unspecified atom stereocenters. The molecule has 0 saturated carbocycles. The average Bonchev–Trinajstić information content (AvgIpc) is 2.79. The maximum Gasteiger partial charge on any atom is 0.0229 e. The predicted octanol–water partition coefficient (Wildman–Crippen LogP) is 2.41. The van der Waals surface area contributed by atoms with Crippen molar-refractivity contribution < 1.29 is 0 Å². The molecule has 1 aliphatic heterocycles. The summed E-state index contributed by atoms with van der Waals surface area (Å²) in [4.78, 5) is 6.32. The Morgan fingerprint density at radius 2 is 2.06 bits per heavy atom. The first-order valence-electron chi connectivity index (χ1n) is 6.32. The molecule has 17 heavy (non-hydrogen) atoms. The summed E-state index contributed by atoms with van der Waals surface area (Å²) >= 11 is 1.96. The van der Waals surface area contributed by atoms with Gasteiger partial charge in [0.1, 0.15) is 0 Å². The summed E-state index contributed by atoms with van der Waals surface area (Å²) in [6.07, 6.45) is 1.32. The molecule has 0 amide bonds. The van der Waals surface area contributed by atoms with Crippen LogP contribution < -0.4 is 0 Å². The molecule has 2 rings (SSSR count). The van der Waals surface area contributed by atoms with E-state index in [-0.39, 0.29) is 0 Å². The van der Waals surface area contributed by atoms with Gasteiger partial charge in [-0.3, -0.25) is 0 Å². The fraction of sp³-hybridized carbons (Fsp3) is 0.571. The van der Waals surface area contributed by atoms with Crippen LogP contribution >= 0.6 is 11.8 Å². The Morgan fingerprint density at radius 3 is 2.71 bits per heavy atom. The van der Waals surface area contributed by atoms with E-state index in [0.29, 0.717) is 0 Å². The van der Waals surface area contributed by atoms with Crippen LogP contribution in [-0.2, 0) is 0 Å². The highest BCUT2D eigenvalue weighted by Crippen LogP contribution is 2.19. The molecule has 0 aliphatic carbocycles. The van der Waals surface area contributed by atoms with E-state index < -0.39 is 0 Å². The van der Waals surface area contributed by atoms with Crippen molar-refractivity contribution in [2.45, 2.75) is 17.4 Å². The van der Waals surface area contributed by atoms with E-state index in [0.717, 1.165) is 6.04 Å². The van der Waals surface area contributed by atoms with Crippen molar-refractivity contribution in [2.24, 2.45) is 0 Å². The second kappa shape index (κ2) is 6.43. The Labute approximate surface area is 109 Å². The summed E-state index contributed by atoms with van der Waals surface area (Å²) in [5.41, 5.74) is 0. The van der Waals surface area contributed by atoms with E-state index in [1.165, 1.54) is 36.7 Å². The van der Waals surface area contributed by atoms with E-state index in [4.69, 9.17) is 0 Å². The number of likely N-dealkylation sites (tertiary alicyclic amines) is 1. The standard InChI is InChI=1S/C14H22N2S/c1-15(2)13-8-9-16(12-13)10-11-17-14-6-4-3-5-7-14/h3-7,13H,8-12H2,1-2H3. The largest absolute Gasteiger partial charge is 0.305 e. The van der Waals surface area contributed by atoms with Crippen molar-refractivity contribution >= 4 is 11.8 Å². The highest BCUT2D eigenvalue weighted by atomic mass is 32.2. The monoisotopic (exact) mass is 250 g/mol. The summed E-state index contributed by atoms with van der Waals surface area (Å²) in [6, 6.07) is 11.4. The zero-order valence-electron chi connectivity index (χ0n) is 10.8. The zero-order valence-corrected chi connectivity index (χ0v) is 11.6. The first kappa shape index (κ1) is 12.9. The quantitative estimate of drug-likeness (QED) is 0.741. The van der Waals surface area contributed by atoms with Crippen LogP contribution in [-0.4, -0.2) is 55.3 Å². The van der Waals surface area contributed by atoms with Gasteiger partial charge < -0.3 is 9.80 Å². The Balaban J connectivity index is 1.67. The van der Waals surface area contributed by atoms with Gasteiger partial charge in [0.05, 0.1) is 0 Å². The first-order valence-corrected chi connectivity index (χ1v) is 7.31. The molecule has 1 aliphatic rings. The minimum atomic E-state index is 0.761. The molecule has 1 fully saturated rings. The Hall–Kier alpha value is -0.510. The van der Waals surface area contributed by atoms with Crippen molar-refractivity contribution in [3.63, 3.8) is 0 Å². The number of thioether (sulfide) groups is 1. The van der Waals surface area contributed by atoms with Gasteiger partial charge in [0.15, 0.2) is 0 Å². The van der Waals surface area contributed by atoms with Crippen LogP contribution in [0.15, 0.2) is 35.2 Å². The van der Waals surface area contributed by atoms with Crippen molar-refractivity contribution in [3.05, 3.63) is 30.3 Å². The molecule has 1 heterocycles. The second-order valence-electron chi connectivity index (χ2n) is 4.87. The third-order valence-corrected chi connectivity index (χ3v) is 4.39. The van der Waals surface area contributed by atoms with E-state index in [9.17, 15) is 0 Å². The molecule has 0 radical (unpaired) electrons. The van der Waals surface area contributed by atoms with Crippen LogP contribution in [0.2, 0.25) is 0 Å². The topological polar surface area (TPSA) is 6.48 Å². The number of nitrogens with zero attached hydrogens (tertiary/aromatic N) is 2. The number of rotatable bonds is 5. The predicted molar refractivity (Wildman–Crippen MR) is 75.7 cm³/mol. The minimum absolute atomic E-state index is 0.761. The SMILES string of the molecule is CN(C)C1CCN(CCSc2ccccc2)C1. The van der Waals surface area contributed by atoms with Crippen LogP contribution in [0.3, 0.4) is 0 Å². The molecular weight excluding hydrogens is 228 g/mol. The maximum absolute atomic E-state index is 2.58. The summed E-state index contributed by atoms with van der Waals surface area (Å²) in [5, 5.41) is 0. The molecule has 1 aromatic carbocycles. The molecule has 0 spiro atoms. The lowest BCUT2D eigenvalue weighted by atomic mass is 10.2. The number of hydrogen-bond acceptors (Lipinski definition) is 3. The first-order chi connectivity index (χ1) is 8.25. The van der Waals surface area contributed by atoms with Crippen molar-refractivity contribution in [1.29, 1.82) is 0 Å². The third-order valence-electron chi connectivity index (χ3n) is 3.40. The van der Waals surface area contributed by atoms with Crippen LogP contribution in [0, 0.1) is 0 Å². The fourth-order valence-electron chi connectivity index (χ4n) is 2.25. The lowest BCUT2D eigenvalue weighted by Gasteiger charge is -2.20. The molecule has 1 aromatic rings. The molecule has 0 bridgehead atoms. The normalized spacial score (nSPS) is 21.2. The van der Waals surface area contributed by atoms with E-state index >= 15 is 0 Å². The smallest absolute Gasteiger partial charge is 0.0229 e. The van der Waals surface area contributed by atoms with Gasteiger partial charge >= 0.3 is 0 Å². The highest BCUT2D eigenvalue weighted by molar-refractivity contribution is 7.99. The molecule has 1 saturated heterocycles. The lowest BCUT2D eigenvalue weighted by molar-refractivity contribution is 0.276. The van der Waals surface area contributed by atoms with Crippen LogP contribution in [0.5, 0.6) is 0 Å². The van der Waals surface area contributed by atoms with E-state index in [1.54, 1.807) is 0 Å². The van der Waals surface area contributed by atoms with Gasteiger partial charge in [0.2, 0.25) is 0 Å². The van der Waals surface area contributed by atoms with Crippen molar-refractivity contribution in [3.8, 4) is 0 Å². The Bertz CT molecular complexity index is 326. The summed E-state index contributed by atoms with van der Waals surface area (Å²) in [6.45, 7) is 3.71. The van der Waals surface area contributed by atoms with Gasteiger partial charge in [-0.1, -0.05) is 18.2 Å². The Kier molecular flexibility index (Phi) is 4.89.